The van der Waals surface area contributed by atoms with Crippen molar-refractivity contribution in [2.45, 2.75) is 45.0 Å². The first-order valence-corrected chi connectivity index (χ1v) is 6.46. The summed E-state index contributed by atoms with van der Waals surface area (Å²) in [6.45, 7) is 2.95. The zero-order valence-electron chi connectivity index (χ0n) is 11.4. The third-order valence-corrected chi connectivity index (χ3v) is 3.19. The molecule has 0 aromatic carbocycles. The van der Waals surface area contributed by atoms with Gasteiger partial charge < -0.3 is 15.3 Å². The van der Waals surface area contributed by atoms with Crippen LogP contribution in [0.25, 0.3) is 0 Å². The van der Waals surface area contributed by atoms with Gasteiger partial charge in [-0.2, -0.15) is 13.2 Å². The van der Waals surface area contributed by atoms with Crippen molar-refractivity contribution in [2.75, 3.05) is 13.1 Å². The van der Waals surface area contributed by atoms with Crippen molar-refractivity contribution in [2.24, 2.45) is 5.92 Å². The Morgan fingerprint density at radius 2 is 2.05 bits per heavy atom. The van der Waals surface area contributed by atoms with Crippen LogP contribution >= 0.6 is 0 Å². The average Bonchev–Trinajstić information content (AvgIpc) is 2.71. The van der Waals surface area contributed by atoms with Gasteiger partial charge in [0.1, 0.15) is 6.04 Å². The van der Waals surface area contributed by atoms with Crippen LogP contribution in [0.15, 0.2) is 0 Å². The van der Waals surface area contributed by atoms with E-state index in [9.17, 15) is 22.8 Å². The van der Waals surface area contributed by atoms with Gasteiger partial charge in [0.25, 0.3) is 0 Å². The first kappa shape index (κ1) is 16.7. The summed E-state index contributed by atoms with van der Waals surface area (Å²) in [7, 11) is 0. The van der Waals surface area contributed by atoms with Gasteiger partial charge in [-0.05, 0) is 12.3 Å². The number of aliphatic hydroxyl groups excluding tert-OH is 1. The fourth-order valence-electron chi connectivity index (χ4n) is 2.18. The third-order valence-electron chi connectivity index (χ3n) is 3.19. The van der Waals surface area contributed by atoms with Crippen LogP contribution in [0.4, 0.5) is 13.2 Å². The summed E-state index contributed by atoms with van der Waals surface area (Å²) in [5, 5.41) is 10.9. The van der Waals surface area contributed by atoms with E-state index in [-0.39, 0.29) is 11.8 Å². The molecule has 2 amide bonds. The fraction of sp³-hybridized carbons (Fsp3) is 0.833. The van der Waals surface area contributed by atoms with E-state index in [1.807, 2.05) is 0 Å². The molecule has 1 aliphatic rings. The summed E-state index contributed by atoms with van der Waals surface area (Å²) >= 11 is 0. The number of likely N-dealkylation sites (tertiary alicyclic amines) is 1. The van der Waals surface area contributed by atoms with E-state index in [4.69, 9.17) is 5.11 Å². The van der Waals surface area contributed by atoms with Crippen molar-refractivity contribution in [1.29, 1.82) is 0 Å². The lowest BCUT2D eigenvalue weighted by Crippen LogP contribution is -2.52. The minimum atomic E-state index is -4.77. The maximum Gasteiger partial charge on any atom is 0.416 e. The Morgan fingerprint density at radius 3 is 2.45 bits per heavy atom. The molecule has 1 fully saturated rings. The maximum atomic E-state index is 12.2. The second-order valence-corrected chi connectivity index (χ2v) is 5.18. The zero-order valence-corrected chi connectivity index (χ0v) is 11.4. The number of hydrogen-bond donors (Lipinski definition) is 2. The molecule has 2 N–H and O–H groups in total. The number of carbonyl (C=O) groups excluding carboxylic acids is 2. The Hall–Kier alpha value is -1.31. The number of halogens is 3. The highest BCUT2D eigenvalue weighted by molar-refractivity contribution is 5.88. The number of nitrogens with zero attached hydrogens (tertiary/aromatic N) is 1. The summed E-state index contributed by atoms with van der Waals surface area (Å²) in [4.78, 5) is 25.0. The molecule has 0 radical (unpaired) electrons. The van der Waals surface area contributed by atoms with Crippen molar-refractivity contribution in [3.05, 3.63) is 0 Å². The predicted molar refractivity (Wildman–Crippen MR) is 64.6 cm³/mol. The quantitative estimate of drug-likeness (QED) is 0.783. The number of nitrogens with one attached hydrogen (secondary N) is 1. The van der Waals surface area contributed by atoms with Crippen LogP contribution in [0.3, 0.4) is 0 Å². The van der Waals surface area contributed by atoms with Crippen molar-refractivity contribution < 1.29 is 27.9 Å². The molecule has 2 unspecified atom stereocenters. The Morgan fingerprint density at radius 1 is 1.45 bits per heavy atom. The van der Waals surface area contributed by atoms with Gasteiger partial charge in [-0.3, -0.25) is 9.59 Å². The lowest BCUT2D eigenvalue weighted by molar-refractivity contribution is -0.202. The predicted octanol–water partition coefficient (Wildman–Crippen LogP) is 0.673. The molecule has 0 saturated carbocycles. The molecule has 1 rings (SSSR count). The first-order chi connectivity index (χ1) is 9.14. The fourth-order valence-corrected chi connectivity index (χ4v) is 2.18. The molecule has 0 aromatic rings. The number of rotatable bonds is 5. The Kier molecular flexibility index (Phi) is 5.38. The van der Waals surface area contributed by atoms with Gasteiger partial charge in [-0.1, -0.05) is 13.8 Å². The van der Waals surface area contributed by atoms with Gasteiger partial charge in [-0.15, -0.1) is 0 Å². The molecule has 20 heavy (non-hydrogen) atoms. The maximum absolute atomic E-state index is 12.2. The van der Waals surface area contributed by atoms with Crippen LogP contribution in [-0.2, 0) is 9.59 Å². The van der Waals surface area contributed by atoms with Gasteiger partial charge in [0, 0.05) is 13.0 Å². The molecule has 8 heteroatoms. The van der Waals surface area contributed by atoms with Crippen molar-refractivity contribution in [3.8, 4) is 0 Å². The van der Waals surface area contributed by atoms with Crippen LogP contribution < -0.4 is 5.32 Å². The smallest absolute Gasteiger partial charge is 0.382 e. The highest BCUT2D eigenvalue weighted by atomic mass is 19.4. The molecule has 0 aromatic heterocycles. The monoisotopic (exact) mass is 296 g/mol. The third kappa shape index (κ3) is 4.09. The molecule has 1 aliphatic heterocycles. The van der Waals surface area contributed by atoms with Crippen LogP contribution in [0.1, 0.15) is 26.7 Å². The minimum absolute atomic E-state index is 0.171. The number of amides is 2. The molecule has 0 aliphatic carbocycles. The van der Waals surface area contributed by atoms with E-state index in [1.165, 1.54) is 4.90 Å². The van der Waals surface area contributed by atoms with Crippen LogP contribution in [-0.4, -0.2) is 53.2 Å². The van der Waals surface area contributed by atoms with E-state index in [0.29, 0.717) is 19.4 Å². The minimum Gasteiger partial charge on any atom is -0.382 e. The number of hydrogen-bond acceptors (Lipinski definition) is 3. The molecular weight excluding hydrogens is 277 g/mol. The Bertz CT molecular complexity index is 371. The topological polar surface area (TPSA) is 69.6 Å². The molecule has 0 spiro atoms. The molecule has 2 atom stereocenters. The number of aliphatic hydroxyl groups is 1. The molecule has 1 heterocycles. The second kappa shape index (κ2) is 6.43. The molecular formula is C12H19F3N2O3. The van der Waals surface area contributed by atoms with Crippen molar-refractivity contribution in [3.63, 3.8) is 0 Å². The Balaban J connectivity index is 2.64. The summed E-state index contributed by atoms with van der Waals surface area (Å²) in [5.41, 5.74) is 0. The first-order valence-electron chi connectivity index (χ1n) is 6.46. The van der Waals surface area contributed by atoms with Crippen LogP contribution in [0.5, 0.6) is 0 Å². The number of alkyl halides is 3. The average molecular weight is 296 g/mol. The van der Waals surface area contributed by atoms with E-state index in [2.05, 4.69) is 5.32 Å². The summed E-state index contributed by atoms with van der Waals surface area (Å²) in [5.74, 6) is -1.06. The van der Waals surface area contributed by atoms with Crippen LogP contribution in [0, 0.1) is 5.92 Å². The van der Waals surface area contributed by atoms with Crippen molar-refractivity contribution >= 4 is 11.8 Å². The van der Waals surface area contributed by atoms with E-state index in [0.717, 1.165) is 0 Å². The lowest BCUT2D eigenvalue weighted by atomic mass is 10.0. The largest absolute Gasteiger partial charge is 0.416 e. The van der Waals surface area contributed by atoms with Gasteiger partial charge in [0.05, 0.1) is 6.54 Å². The molecule has 1 saturated heterocycles. The van der Waals surface area contributed by atoms with Crippen molar-refractivity contribution in [1.82, 2.24) is 10.2 Å². The van der Waals surface area contributed by atoms with E-state index < -0.39 is 30.8 Å². The molecule has 5 nitrogen and oxygen atoms in total. The molecule has 116 valence electrons. The summed E-state index contributed by atoms with van der Waals surface area (Å²) in [6, 6.07) is -0.801. The van der Waals surface area contributed by atoms with Crippen LogP contribution in [0.2, 0.25) is 0 Å². The standard InChI is InChI=1S/C12H19F3N2O3/c1-7(2)10(17-5-3-4-9(17)19)11(20)16-6-8(18)12(13,14)15/h7-8,10,18H,3-6H2,1-2H3,(H,16,20). The molecule has 0 bridgehead atoms. The van der Waals surface area contributed by atoms with Gasteiger partial charge in [-0.25, -0.2) is 0 Å². The normalized spacial score (nSPS) is 19.4. The highest BCUT2D eigenvalue weighted by Crippen LogP contribution is 2.21. The summed E-state index contributed by atoms with van der Waals surface area (Å²) < 4.78 is 36.5. The lowest BCUT2D eigenvalue weighted by Gasteiger charge is -2.30. The van der Waals surface area contributed by atoms with E-state index in [1.54, 1.807) is 13.8 Å². The Labute approximate surface area is 115 Å². The number of carbonyl (C=O) groups is 2. The highest BCUT2D eigenvalue weighted by Gasteiger charge is 2.40. The zero-order chi connectivity index (χ0) is 15.5. The van der Waals surface area contributed by atoms with Gasteiger partial charge in [0.15, 0.2) is 6.10 Å². The van der Waals surface area contributed by atoms with Gasteiger partial charge in [0.2, 0.25) is 11.8 Å². The second-order valence-electron chi connectivity index (χ2n) is 5.18. The summed E-state index contributed by atoms with van der Waals surface area (Å²) in [6.07, 6.45) is -6.39. The SMILES string of the molecule is CC(C)C(C(=O)NCC(O)C(F)(F)F)N1CCCC1=O. The van der Waals surface area contributed by atoms with Gasteiger partial charge >= 0.3 is 6.18 Å². The van der Waals surface area contributed by atoms with E-state index >= 15 is 0 Å².